The van der Waals surface area contributed by atoms with Crippen molar-refractivity contribution in [2.45, 2.75) is 6.54 Å². The fourth-order valence-electron chi connectivity index (χ4n) is 2.02. The van der Waals surface area contributed by atoms with Crippen LogP contribution >= 0.6 is 0 Å². The zero-order valence-electron chi connectivity index (χ0n) is 10.0. The third-order valence-electron chi connectivity index (χ3n) is 3.03. The van der Waals surface area contributed by atoms with E-state index in [4.69, 9.17) is 10.5 Å². The number of methoxy groups -OCH3 is 1. The predicted octanol–water partition coefficient (Wildman–Crippen LogP) is 0.723. The van der Waals surface area contributed by atoms with E-state index in [0.29, 0.717) is 6.54 Å². The second-order valence-corrected chi connectivity index (χ2v) is 5.73. The SMILES string of the molecule is COc1ccc(CN)c(N2CCS(=O)CC2)c1. The van der Waals surface area contributed by atoms with Gasteiger partial charge in [0.05, 0.1) is 7.11 Å². The van der Waals surface area contributed by atoms with Gasteiger partial charge in [0.1, 0.15) is 5.75 Å². The largest absolute Gasteiger partial charge is 0.497 e. The van der Waals surface area contributed by atoms with Crippen molar-refractivity contribution in [2.75, 3.05) is 36.6 Å². The molecule has 0 aromatic heterocycles. The smallest absolute Gasteiger partial charge is 0.120 e. The van der Waals surface area contributed by atoms with Crippen LogP contribution in [-0.4, -0.2) is 35.9 Å². The van der Waals surface area contributed by atoms with Crippen molar-refractivity contribution in [3.8, 4) is 5.75 Å². The Bertz CT molecular complexity index is 413. The molecule has 0 unspecified atom stereocenters. The van der Waals surface area contributed by atoms with E-state index in [1.165, 1.54) is 0 Å². The summed E-state index contributed by atoms with van der Waals surface area (Å²) in [6.45, 7) is 2.17. The molecule has 0 saturated carbocycles. The predicted molar refractivity (Wildman–Crippen MR) is 71.0 cm³/mol. The van der Waals surface area contributed by atoms with E-state index >= 15 is 0 Å². The first kappa shape index (κ1) is 12.4. The van der Waals surface area contributed by atoms with Gasteiger partial charge < -0.3 is 15.4 Å². The van der Waals surface area contributed by atoms with Crippen molar-refractivity contribution in [1.29, 1.82) is 0 Å². The Morgan fingerprint density at radius 2 is 2.12 bits per heavy atom. The molecule has 0 radical (unpaired) electrons. The zero-order chi connectivity index (χ0) is 12.3. The van der Waals surface area contributed by atoms with Gasteiger partial charge in [-0.25, -0.2) is 0 Å². The summed E-state index contributed by atoms with van der Waals surface area (Å²) < 4.78 is 16.6. The normalized spacial score (nSPS) is 17.2. The van der Waals surface area contributed by atoms with Gasteiger partial charge in [-0.2, -0.15) is 0 Å². The van der Waals surface area contributed by atoms with Gasteiger partial charge in [0.25, 0.3) is 0 Å². The average Bonchev–Trinajstić information content (AvgIpc) is 2.39. The summed E-state index contributed by atoms with van der Waals surface area (Å²) in [5, 5.41) is 0. The molecule has 2 rings (SSSR count). The van der Waals surface area contributed by atoms with Gasteiger partial charge in [0.2, 0.25) is 0 Å². The Kier molecular flexibility index (Phi) is 4.02. The lowest BCUT2D eigenvalue weighted by Crippen LogP contribution is -2.38. The second kappa shape index (κ2) is 5.51. The summed E-state index contributed by atoms with van der Waals surface area (Å²) in [5.41, 5.74) is 7.97. The van der Waals surface area contributed by atoms with Crippen molar-refractivity contribution in [1.82, 2.24) is 0 Å². The number of nitrogens with two attached hydrogens (primary N) is 1. The van der Waals surface area contributed by atoms with E-state index in [1.807, 2.05) is 18.2 Å². The van der Waals surface area contributed by atoms with Gasteiger partial charge >= 0.3 is 0 Å². The highest BCUT2D eigenvalue weighted by atomic mass is 32.2. The lowest BCUT2D eigenvalue weighted by molar-refractivity contribution is 0.414. The molecule has 17 heavy (non-hydrogen) atoms. The van der Waals surface area contributed by atoms with Crippen molar-refractivity contribution < 1.29 is 8.95 Å². The number of ether oxygens (including phenoxy) is 1. The number of hydrogen-bond donors (Lipinski definition) is 1. The molecule has 5 heteroatoms. The summed E-state index contributed by atoms with van der Waals surface area (Å²) in [5.74, 6) is 2.31. The number of hydrogen-bond acceptors (Lipinski definition) is 4. The van der Waals surface area contributed by atoms with Crippen LogP contribution in [0.1, 0.15) is 5.56 Å². The third kappa shape index (κ3) is 2.79. The maximum Gasteiger partial charge on any atom is 0.120 e. The fraction of sp³-hybridized carbons (Fsp3) is 0.500. The van der Waals surface area contributed by atoms with Crippen molar-refractivity contribution in [3.63, 3.8) is 0 Å². The highest BCUT2D eigenvalue weighted by molar-refractivity contribution is 7.85. The number of nitrogens with zero attached hydrogens (tertiary/aromatic N) is 1. The van der Waals surface area contributed by atoms with Crippen LogP contribution < -0.4 is 15.4 Å². The number of anilines is 1. The Hall–Kier alpha value is -1.07. The molecule has 1 heterocycles. The maximum absolute atomic E-state index is 11.4. The molecule has 1 saturated heterocycles. The van der Waals surface area contributed by atoms with Gasteiger partial charge in [0, 0.05) is 53.7 Å². The number of rotatable bonds is 3. The van der Waals surface area contributed by atoms with Crippen LogP contribution in [0, 0.1) is 0 Å². The monoisotopic (exact) mass is 254 g/mol. The Morgan fingerprint density at radius 1 is 1.41 bits per heavy atom. The average molecular weight is 254 g/mol. The van der Waals surface area contributed by atoms with Crippen LogP contribution in [0.5, 0.6) is 5.75 Å². The van der Waals surface area contributed by atoms with E-state index in [2.05, 4.69) is 4.90 Å². The molecule has 0 aliphatic carbocycles. The first-order chi connectivity index (χ1) is 8.24. The van der Waals surface area contributed by atoms with Crippen molar-refractivity contribution >= 4 is 16.5 Å². The minimum Gasteiger partial charge on any atom is -0.497 e. The lowest BCUT2D eigenvalue weighted by atomic mass is 10.1. The molecular weight excluding hydrogens is 236 g/mol. The molecule has 1 aliphatic heterocycles. The van der Waals surface area contributed by atoms with Gasteiger partial charge in [-0.1, -0.05) is 6.07 Å². The quantitative estimate of drug-likeness (QED) is 0.863. The molecule has 0 spiro atoms. The van der Waals surface area contributed by atoms with Gasteiger partial charge in [-0.3, -0.25) is 4.21 Å². The summed E-state index contributed by atoms with van der Waals surface area (Å²) >= 11 is 0. The minimum absolute atomic E-state index is 0.513. The maximum atomic E-state index is 11.4. The highest BCUT2D eigenvalue weighted by Gasteiger charge is 2.18. The molecular formula is C12H18N2O2S. The van der Waals surface area contributed by atoms with Crippen LogP contribution in [0.3, 0.4) is 0 Å². The van der Waals surface area contributed by atoms with Crippen molar-refractivity contribution in [3.05, 3.63) is 23.8 Å². The van der Waals surface area contributed by atoms with Gasteiger partial charge in [0.15, 0.2) is 0 Å². The topological polar surface area (TPSA) is 55.6 Å². The van der Waals surface area contributed by atoms with E-state index in [9.17, 15) is 4.21 Å². The Labute approximate surface area is 104 Å². The third-order valence-corrected chi connectivity index (χ3v) is 4.31. The summed E-state index contributed by atoms with van der Waals surface area (Å²) in [4.78, 5) is 2.24. The van der Waals surface area contributed by atoms with Crippen molar-refractivity contribution in [2.24, 2.45) is 5.73 Å². The first-order valence-corrected chi connectivity index (χ1v) is 7.20. The summed E-state index contributed by atoms with van der Waals surface area (Å²) in [7, 11) is 1.00. The van der Waals surface area contributed by atoms with E-state index in [1.54, 1.807) is 7.11 Å². The Morgan fingerprint density at radius 3 is 2.71 bits per heavy atom. The van der Waals surface area contributed by atoms with E-state index in [0.717, 1.165) is 41.6 Å². The minimum atomic E-state index is -0.655. The first-order valence-electron chi connectivity index (χ1n) is 5.71. The standard InChI is InChI=1S/C12H18N2O2S/c1-16-11-3-2-10(9-13)12(8-11)14-4-6-17(15)7-5-14/h2-3,8H,4-7,9,13H2,1H3. The summed E-state index contributed by atoms with van der Waals surface area (Å²) in [6.07, 6.45) is 0. The molecule has 1 fully saturated rings. The molecule has 94 valence electrons. The van der Waals surface area contributed by atoms with Crippen LogP contribution in [0.2, 0.25) is 0 Å². The number of benzene rings is 1. The Balaban J connectivity index is 2.25. The molecule has 1 aliphatic rings. The van der Waals surface area contributed by atoms with Crippen LogP contribution in [0.15, 0.2) is 18.2 Å². The van der Waals surface area contributed by atoms with E-state index in [-0.39, 0.29) is 0 Å². The van der Waals surface area contributed by atoms with Crippen LogP contribution in [0.4, 0.5) is 5.69 Å². The molecule has 0 atom stereocenters. The zero-order valence-corrected chi connectivity index (χ0v) is 10.8. The molecule has 1 aromatic rings. The molecule has 2 N–H and O–H groups in total. The van der Waals surface area contributed by atoms with Gasteiger partial charge in [-0.15, -0.1) is 0 Å². The molecule has 0 amide bonds. The molecule has 1 aromatic carbocycles. The van der Waals surface area contributed by atoms with Crippen LogP contribution in [-0.2, 0) is 17.3 Å². The lowest BCUT2D eigenvalue weighted by Gasteiger charge is -2.30. The van der Waals surface area contributed by atoms with Crippen LogP contribution in [0.25, 0.3) is 0 Å². The fourth-order valence-corrected chi connectivity index (χ4v) is 3.07. The summed E-state index contributed by atoms with van der Waals surface area (Å²) in [6, 6.07) is 5.93. The highest BCUT2D eigenvalue weighted by Crippen LogP contribution is 2.26. The molecule has 4 nitrogen and oxygen atoms in total. The molecule has 0 bridgehead atoms. The second-order valence-electron chi connectivity index (χ2n) is 4.03. The van der Waals surface area contributed by atoms with Gasteiger partial charge in [-0.05, 0) is 11.6 Å². The van der Waals surface area contributed by atoms with E-state index < -0.39 is 10.8 Å².